The Morgan fingerprint density at radius 1 is 1.22 bits per heavy atom. The first kappa shape index (κ1) is 18.4. The van der Waals surface area contributed by atoms with E-state index in [1.165, 1.54) is 31.3 Å². The lowest BCUT2D eigenvalue weighted by molar-refractivity contribution is -0.116. The second-order valence-electron chi connectivity index (χ2n) is 5.91. The van der Waals surface area contributed by atoms with Gasteiger partial charge < -0.3 is 10.3 Å². The molecule has 5 nitrogen and oxygen atoms in total. The average molecular weight is 373 g/mol. The van der Waals surface area contributed by atoms with E-state index in [1.54, 1.807) is 0 Å². The Bertz CT molecular complexity index is 1120. The van der Waals surface area contributed by atoms with Crippen LogP contribution in [0, 0.1) is 17.6 Å². The first-order valence-electron chi connectivity index (χ1n) is 7.90. The highest BCUT2D eigenvalue weighted by Crippen LogP contribution is 2.20. The topological polar surface area (TPSA) is 74.8 Å². The summed E-state index contributed by atoms with van der Waals surface area (Å²) in [5.41, 5.74) is -0.699. The van der Waals surface area contributed by atoms with Gasteiger partial charge in [-0.15, -0.1) is 0 Å². The number of amides is 1. The van der Waals surface area contributed by atoms with E-state index in [2.05, 4.69) is 21.9 Å². The molecule has 2 N–H and O–H groups in total. The van der Waals surface area contributed by atoms with E-state index in [4.69, 9.17) is 0 Å². The number of pyridine rings is 2. The second kappa shape index (κ2) is 7.06. The number of nitrogens with zero attached hydrogens (tertiary/aromatic N) is 1. The Balaban J connectivity index is 1.88. The molecular formula is C19H14F3N3O2. The standard InChI is InChI=1S/C19H14F3N3O2/c1-9(13-8-14-16(25-19(13)27)5-6-23-17(14)22)18(26)24-10(2)12-4-3-11(20)7-15(12)21/h3-8,10H,1H2,2H3,(H,24,26)(H,25,27)/t10-/m0/s1. The minimum Gasteiger partial charge on any atom is -0.345 e. The van der Waals surface area contributed by atoms with E-state index in [1.807, 2.05) is 0 Å². The third-order valence-electron chi connectivity index (χ3n) is 4.10. The summed E-state index contributed by atoms with van der Waals surface area (Å²) in [6.45, 7) is 5.07. The summed E-state index contributed by atoms with van der Waals surface area (Å²) in [6, 6.07) is 4.78. The van der Waals surface area contributed by atoms with E-state index in [0.717, 1.165) is 6.07 Å². The molecule has 2 heterocycles. The Kier molecular flexibility index (Phi) is 4.81. The maximum atomic E-state index is 13.8. The number of carbonyl (C=O) groups excluding carboxylic acids is 1. The third-order valence-corrected chi connectivity index (χ3v) is 4.10. The van der Waals surface area contributed by atoms with Gasteiger partial charge in [0.05, 0.1) is 22.5 Å². The molecule has 0 fully saturated rings. The lowest BCUT2D eigenvalue weighted by Crippen LogP contribution is -2.29. The van der Waals surface area contributed by atoms with Gasteiger partial charge >= 0.3 is 0 Å². The van der Waals surface area contributed by atoms with Gasteiger partial charge in [0.1, 0.15) is 11.6 Å². The number of halogens is 3. The van der Waals surface area contributed by atoms with Crippen LogP contribution in [0.5, 0.6) is 0 Å². The van der Waals surface area contributed by atoms with Crippen molar-refractivity contribution in [3.05, 3.63) is 82.2 Å². The van der Waals surface area contributed by atoms with Crippen LogP contribution < -0.4 is 10.9 Å². The average Bonchev–Trinajstić information content (AvgIpc) is 2.60. The third kappa shape index (κ3) is 3.59. The number of nitrogens with one attached hydrogen (secondary N) is 2. The zero-order valence-corrected chi connectivity index (χ0v) is 14.1. The highest BCUT2D eigenvalue weighted by molar-refractivity contribution is 6.19. The SMILES string of the molecule is C=C(C(=O)N[C@@H](C)c1ccc(F)cc1F)c1cc2c(F)nccc2[nH]c1=O. The van der Waals surface area contributed by atoms with Gasteiger partial charge in [-0.1, -0.05) is 12.6 Å². The van der Waals surface area contributed by atoms with Crippen LogP contribution in [0.3, 0.4) is 0 Å². The number of aromatic nitrogens is 2. The fraction of sp³-hybridized carbons (Fsp3) is 0.105. The lowest BCUT2D eigenvalue weighted by atomic mass is 10.0. The monoisotopic (exact) mass is 373 g/mol. The molecule has 2 aromatic heterocycles. The molecule has 0 saturated carbocycles. The molecule has 0 bridgehead atoms. The number of fused-ring (bicyclic) bond motifs is 1. The molecule has 0 saturated heterocycles. The largest absolute Gasteiger partial charge is 0.345 e. The quantitative estimate of drug-likeness (QED) is 0.545. The van der Waals surface area contributed by atoms with Gasteiger partial charge in [-0.2, -0.15) is 4.39 Å². The lowest BCUT2D eigenvalue weighted by Gasteiger charge is -2.16. The summed E-state index contributed by atoms with van der Waals surface area (Å²) < 4.78 is 40.7. The predicted octanol–water partition coefficient (Wildman–Crippen LogP) is 3.23. The van der Waals surface area contributed by atoms with Crippen LogP contribution in [-0.4, -0.2) is 15.9 Å². The van der Waals surface area contributed by atoms with E-state index in [0.29, 0.717) is 6.07 Å². The smallest absolute Gasteiger partial charge is 0.256 e. The van der Waals surface area contributed by atoms with Crippen LogP contribution in [0.4, 0.5) is 13.2 Å². The molecule has 1 amide bonds. The first-order valence-corrected chi connectivity index (χ1v) is 7.90. The van der Waals surface area contributed by atoms with Gasteiger partial charge in [0.15, 0.2) is 0 Å². The van der Waals surface area contributed by atoms with Crippen LogP contribution in [0.15, 0.2) is 47.9 Å². The van der Waals surface area contributed by atoms with Crippen molar-refractivity contribution >= 4 is 22.4 Å². The van der Waals surface area contributed by atoms with Crippen molar-refractivity contribution in [1.29, 1.82) is 0 Å². The van der Waals surface area contributed by atoms with E-state index >= 15 is 0 Å². The minimum atomic E-state index is -0.815. The van der Waals surface area contributed by atoms with Gasteiger partial charge in [0.2, 0.25) is 5.95 Å². The van der Waals surface area contributed by atoms with Crippen LogP contribution in [0.2, 0.25) is 0 Å². The predicted molar refractivity (Wildman–Crippen MR) is 94.3 cm³/mol. The number of benzene rings is 1. The zero-order valence-electron chi connectivity index (χ0n) is 14.1. The van der Waals surface area contributed by atoms with Crippen molar-refractivity contribution in [2.24, 2.45) is 0 Å². The minimum absolute atomic E-state index is 0.0266. The van der Waals surface area contributed by atoms with Crippen molar-refractivity contribution in [2.45, 2.75) is 13.0 Å². The maximum Gasteiger partial charge on any atom is 0.256 e. The van der Waals surface area contributed by atoms with Gasteiger partial charge in [0, 0.05) is 23.4 Å². The number of rotatable bonds is 4. The van der Waals surface area contributed by atoms with Crippen LogP contribution in [-0.2, 0) is 4.79 Å². The summed E-state index contributed by atoms with van der Waals surface area (Å²) >= 11 is 0. The molecule has 0 aliphatic rings. The Hall–Kier alpha value is -3.42. The maximum absolute atomic E-state index is 13.8. The molecule has 27 heavy (non-hydrogen) atoms. The number of hydrogen-bond donors (Lipinski definition) is 2. The molecular weight excluding hydrogens is 359 g/mol. The molecule has 1 aromatic carbocycles. The molecule has 0 radical (unpaired) electrons. The van der Waals surface area contributed by atoms with E-state index < -0.39 is 35.1 Å². The van der Waals surface area contributed by atoms with Crippen LogP contribution in [0.1, 0.15) is 24.1 Å². The van der Waals surface area contributed by atoms with Crippen molar-refractivity contribution < 1.29 is 18.0 Å². The Morgan fingerprint density at radius 3 is 2.67 bits per heavy atom. The Morgan fingerprint density at radius 2 is 1.96 bits per heavy atom. The fourth-order valence-electron chi connectivity index (χ4n) is 2.65. The second-order valence-corrected chi connectivity index (χ2v) is 5.91. The summed E-state index contributed by atoms with van der Waals surface area (Å²) in [5.74, 6) is -3.11. The molecule has 8 heteroatoms. The summed E-state index contributed by atoms with van der Waals surface area (Å²) in [6.07, 6.45) is 1.20. The molecule has 0 spiro atoms. The normalized spacial score (nSPS) is 12.0. The number of H-pyrrole nitrogens is 1. The molecule has 0 unspecified atom stereocenters. The van der Waals surface area contributed by atoms with Gasteiger partial charge in [-0.25, -0.2) is 13.8 Å². The highest BCUT2D eigenvalue weighted by Gasteiger charge is 2.19. The van der Waals surface area contributed by atoms with Crippen molar-refractivity contribution in [3.63, 3.8) is 0 Å². The molecule has 3 aromatic rings. The summed E-state index contributed by atoms with van der Waals surface area (Å²) in [7, 11) is 0. The molecule has 0 aliphatic heterocycles. The summed E-state index contributed by atoms with van der Waals surface area (Å²) in [5, 5.41) is 2.51. The van der Waals surface area contributed by atoms with Gasteiger partial charge in [0.25, 0.3) is 11.5 Å². The van der Waals surface area contributed by atoms with E-state index in [-0.39, 0.29) is 27.6 Å². The number of carbonyl (C=O) groups is 1. The van der Waals surface area contributed by atoms with Crippen LogP contribution in [0.25, 0.3) is 16.5 Å². The van der Waals surface area contributed by atoms with Gasteiger partial charge in [-0.3, -0.25) is 9.59 Å². The molecule has 1 atom stereocenters. The van der Waals surface area contributed by atoms with Crippen molar-refractivity contribution in [2.75, 3.05) is 0 Å². The molecule has 0 aliphatic carbocycles. The summed E-state index contributed by atoms with van der Waals surface area (Å²) in [4.78, 5) is 30.6. The van der Waals surface area contributed by atoms with Crippen LogP contribution >= 0.6 is 0 Å². The van der Waals surface area contributed by atoms with Crippen molar-refractivity contribution in [3.8, 4) is 0 Å². The van der Waals surface area contributed by atoms with E-state index in [9.17, 15) is 22.8 Å². The fourth-order valence-corrected chi connectivity index (χ4v) is 2.65. The van der Waals surface area contributed by atoms with Crippen molar-refractivity contribution in [1.82, 2.24) is 15.3 Å². The number of aromatic amines is 1. The molecule has 3 rings (SSSR count). The highest BCUT2D eigenvalue weighted by atomic mass is 19.1. The van der Waals surface area contributed by atoms with Gasteiger partial charge in [-0.05, 0) is 25.1 Å². The number of hydrogen-bond acceptors (Lipinski definition) is 3. The zero-order chi connectivity index (χ0) is 19.7. The Labute approximate surface area is 151 Å². The molecule has 138 valence electrons. The first-order chi connectivity index (χ1) is 12.8.